The summed E-state index contributed by atoms with van der Waals surface area (Å²) >= 11 is 0. The van der Waals surface area contributed by atoms with E-state index in [0.717, 1.165) is 10.2 Å². The van der Waals surface area contributed by atoms with Crippen molar-refractivity contribution in [3.8, 4) is 0 Å². The van der Waals surface area contributed by atoms with Crippen LogP contribution in [0.1, 0.15) is 12.5 Å². The second kappa shape index (κ2) is 4.47. The molecular weight excluding hydrogens is 200 g/mol. The summed E-state index contributed by atoms with van der Waals surface area (Å²) in [5, 5.41) is 1.47. The van der Waals surface area contributed by atoms with Crippen molar-refractivity contribution >= 4 is 15.4 Å². The van der Waals surface area contributed by atoms with Crippen LogP contribution in [0.5, 0.6) is 0 Å². The Morgan fingerprint density at radius 2 is 1.47 bits per heavy atom. The molecule has 1 rings (SSSR count). The van der Waals surface area contributed by atoms with Crippen LogP contribution in [0, 0.1) is 0 Å². The molecule has 0 amide bonds. The van der Waals surface area contributed by atoms with E-state index >= 15 is 0 Å². The summed E-state index contributed by atoms with van der Waals surface area (Å²) in [6, 6.07) is 8.72. The van der Waals surface area contributed by atoms with Gasteiger partial charge in [-0.25, -0.2) is 0 Å². The Labute approximate surface area is 96.3 Å². The van der Waals surface area contributed by atoms with Gasteiger partial charge in [-0.15, -0.1) is 0 Å². The standard InChI is InChI=1S/C12H22N2Si/c1-12(13(2)3,14(4)5)10-8-6-7-9-11(10)15/h6-9H,1-5,15H3. The largest absolute Gasteiger partial charge is 0.288 e. The topological polar surface area (TPSA) is 6.48 Å². The van der Waals surface area contributed by atoms with Crippen molar-refractivity contribution in [2.24, 2.45) is 0 Å². The van der Waals surface area contributed by atoms with E-state index in [2.05, 4.69) is 69.2 Å². The number of benzene rings is 1. The third-order valence-electron chi connectivity index (χ3n) is 3.40. The lowest BCUT2D eigenvalue weighted by molar-refractivity contribution is 0.0183. The zero-order chi connectivity index (χ0) is 11.6. The number of hydrogen-bond acceptors (Lipinski definition) is 2. The molecule has 0 fully saturated rings. The van der Waals surface area contributed by atoms with Crippen molar-refractivity contribution in [3.63, 3.8) is 0 Å². The van der Waals surface area contributed by atoms with Crippen LogP contribution in [0.25, 0.3) is 0 Å². The average molecular weight is 222 g/mol. The third kappa shape index (κ3) is 2.14. The van der Waals surface area contributed by atoms with Crippen LogP contribution in [-0.4, -0.2) is 48.2 Å². The van der Waals surface area contributed by atoms with Gasteiger partial charge in [-0.2, -0.15) is 0 Å². The summed E-state index contributed by atoms with van der Waals surface area (Å²) in [5.74, 6) is 0. The smallest absolute Gasteiger partial charge is 0.0959 e. The van der Waals surface area contributed by atoms with Gasteiger partial charge in [-0.3, -0.25) is 9.80 Å². The molecule has 0 saturated heterocycles. The Kier molecular flexibility index (Phi) is 3.70. The highest BCUT2D eigenvalue weighted by atomic mass is 28.1. The van der Waals surface area contributed by atoms with E-state index < -0.39 is 0 Å². The Morgan fingerprint density at radius 1 is 1.00 bits per heavy atom. The van der Waals surface area contributed by atoms with E-state index in [-0.39, 0.29) is 5.66 Å². The Bertz CT molecular complexity index is 326. The van der Waals surface area contributed by atoms with Crippen LogP contribution in [0.4, 0.5) is 0 Å². The molecule has 1 aromatic carbocycles. The molecule has 0 atom stereocenters. The molecule has 0 heterocycles. The Hall–Kier alpha value is -0.643. The molecular formula is C12H22N2Si. The highest BCUT2D eigenvalue weighted by molar-refractivity contribution is 6.33. The predicted molar refractivity (Wildman–Crippen MR) is 70.7 cm³/mol. The van der Waals surface area contributed by atoms with Crippen molar-refractivity contribution in [3.05, 3.63) is 29.8 Å². The summed E-state index contributed by atoms with van der Waals surface area (Å²) < 4.78 is 0. The molecule has 0 saturated carbocycles. The van der Waals surface area contributed by atoms with Gasteiger partial charge < -0.3 is 0 Å². The van der Waals surface area contributed by atoms with Crippen LogP contribution in [-0.2, 0) is 5.66 Å². The molecule has 0 aliphatic carbocycles. The van der Waals surface area contributed by atoms with Gasteiger partial charge in [-0.05, 0) is 40.7 Å². The molecule has 0 bridgehead atoms. The predicted octanol–water partition coefficient (Wildman–Crippen LogP) is -0.0268. The van der Waals surface area contributed by atoms with Gasteiger partial charge in [0.15, 0.2) is 0 Å². The molecule has 1 aromatic rings. The third-order valence-corrected chi connectivity index (χ3v) is 4.27. The lowest BCUT2D eigenvalue weighted by Crippen LogP contribution is -2.52. The van der Waals surface area contributed by atoms with Crippen molar-refractivity contribution in [2.75, 3.05) is 28.2 Å². The Morgan fingerprint density at radius 3 is 1.87 bits per heavy atom. The van der Waals surface area contributed by atoms with E-state index in [0.29, 0.717) is 0 Å². The van der Waals surface area contributed by atoms with Gasteiger partial charge in [-0.1, -0.05) is 29.5 Å². The molecule has 15 heavy (non-hydrogen) atoms. The molecule has 0 spiro atoms. The van der Waals surface area contributed by atoms with E-state index in [1.807, 2.05) is 0 Å². The molecule has 0 aliphatic heterocycles. The second-order valence-corrected chi connectivity index (χ2v) is 5.70. The van der Waals surface area contributed by atoms with Crippen molar-refractivity contribution in [1.82, 2.24) is 9.80 Å². The first-order chi connectivity index (χ1) is 6.90. The van der Waals surface area contributed by atoms with Gasteiger partial charge in [0, 0.05) is 10.2 Å². The summed E-state index contributed by atoms with van der Waals surface area (Å²) in [6.45, 7) is 2.27. The van der Waals surface area contributed by atoms with Gasteiger partial charge >= 0.3 is 0 Å². The number of hydrogen-bond donors (Lipinski definition) is 0. The summed E-state index contributed by atoms with van der Waals surface area (Å²) in [5.41, 5.74) is 1.41. The minimum Gasteiger partial charge on any atom is -0.288 e. The SMILES string of the molecule is CN(C)C(C)(c1ccccc1[SiH3])N(C)C. The molecule has 0 unspecified atom stereocenters. The maximum atomic E-state index is 2.27. The average Bonchev–Trinajstić information content (AvgIpc) is 2.16. The fraction of sp³-hybridized carbons (Fsp3) is 0.500. The first-order valence-electron chi connectivity index (χ1n) is 5.31. The number of nitrogens with zero attached hydrogens (tertiary/aromatic N) is 2. The molecule has 0 radical (unpaired) electrons. The van der Waals surface area contributed by atoms with Crippen molar-refractivity contribution in [2.45, 2.75) is 12.6 Å². The van der Waals surface area contributed by atoms with Crippen LogP contribution in [0.2, 0.25) is 0 Å². The van der Waals surface area contributed by atoms with Crippen molar-refractivity contribution in [1.29, 1.82) is 0 Å². The van der Waals surface area contributed by atoms with E-state index in [9.17, 15) is 0 Å². The molecule has 3 heteroatoms. The summed E-state index contributed by atoms with van der Waals surface area (Å²) in [4.78, 5) is 4.54. The van der Waals surface area contributed by atoms with E-state index in [4.69, 9.17) is 0 Å². The normalized spacial score (nSPS) is 12.7. The van der Waals surface area contributed by atoms with E-state index in [1.54, 1.807) is 0 Å². The first kappa shape index (κ1) is 12.4. The van der Waals surface area contributed by atoms with Crippen LogP contribution in [0.3, 0.4) is 0 Å². The molecule has 2 nitrogen and oxygen atoms in total. The van der Waals surface area contributed by atoms with Gasteiger partial charge in [0.25, 0.3) is 0 Å². The quantitative estimate of drug-likeness (QED) is 0.524. The molecule has 0 aliphatic rings. The summed E-state index contributed by atoms with van der Waals surface area (Å²) in [7, 11) is 9.63. The lowest BCUT2D eigenvalue weighted by Gasteiger charge is -2.43. The van der Waals surface area contributed by atoms with Crippen LogP contribution < -0.4 is 5.19 Å². The molecule has 0 N–H and O–H groups in total. The zero-order valence-electron chi connectivity index (χ0n) is 10.7. The lowest BCUT2D eigenvalue weighted by atomic mass is 9.99. The Balaban J connectivity index is 3.28. The van der Waals surface area contributed by atoms with Gasteiger partial charge in [0.2, 0.25) is 0 Å². The maximum Gasteiger partial charge on any atom is 0.0959 e. The number of rotatable bonds is 3. The molecule has 84 valence electrons. The monoisotopic (exact) mass is 222 g/mol. The fourth-order valence-corrected chi connectivity index (χ4v) is 2.82. The van der Waals surface area contributed by atoms with E-state index in [1.165, 1.54) is 10.8 Å². The minimum absolute atomic E-state index is 0.0155. The van der Waals surface area contributed by atoms with Crippen LogP contribution in [0.15, 0.2) is 24.3 Å². The van der Waals surface area contributed by atoms with Gasteiger partial charge in [0.05, 0.1) is 5.66 Å². The highest BCUT2D eigenvalue weighted by Gasteiger charge is 2.32. The maximum absolute atomic E-state index is 2.27. The second-order valence-electron chi connectivity index (χ2n) is 4.62. The summed E-state index contributed by atoms with van der Waals surface area (Å²) in [6.07, 6.45) is 0. The first-order valence-corrected chi connectivity index (χ1v) is 6.31. The van der Waals surface area contributed by atoms with Crippen molar-refractivity contribution < 1.29 is 0 Å². The molecule has 0 aromatic heterocycles. The fourth-order valence-electron chi connectivity index (χ4n) is 1.99. The van der Waals surface area contributed by atoms with Crippen LogP contribution >= 0.6 is 0 Å². The highest BCUT2D eigenvalue weighted by Crippen LogP contribution is 2.26. The van der Waals surface area contributed by atoms with Gasteiger partial charge in [0.1, 0.15) is 0 Å². The zero-order valence-corrected chi connectivity index (χ0v) is 12.7. The minimum atomic E-state index is -0.0155.